The third-order valence-electron chi connectivity index (χ3n) is 3.47. The van der Waals surface area contributed by atoms with Crippen LogP contribution in [0.1, 0.15) is 49.4 Å². The first-order valence-corrected chi connectivity index (χ1v) is 6.50. The van der Waals surface area contributed by atoms with Crippen LogP contribution in [0.3, 0.4) is 0 Å². The molecule has 0 atom stereocenters. The number of para-hydroxylation sites is 1. The van der Waals surface area contributed by atoms with Gasteiger partial charge in [0.1, 0.15) is 5.75 Å². The number of hydrogen-bond acceptors (Lipinski definition) is 2. The maximum atomic E-state index is 11.4. The molecule has 0 unspecified atom stereocenters. The number of carbonyl (C=O) groups is 1. The summed E-state index contributed by atoms with van der Waals surface area (Å²) in [6.45, 7) is 2.34. The zero-order valence-electron chi connectivity index (χ0n) is 10.4. The Morgan fingerprint density at radius 1 is 1.24 bits per heavy atom. The van der Waals surface area contributed by atoms with Gasteiger partial charge in [-0.15, -0.1) is 0 Å². The molecule has 1 aliphatic rings. The molecule has 1 aromatic rings. The number of carbonyl (C=O) groups excluding carboxylic acids is 1. The zero-order valence-corrected chi connectivity index (χ0v) is 10.4. The third kappa shape index (κ3) is 3.32. The summed E-state index contributed by atoms with van der Waals surface area (Å²) in [6, 6.07) is 7.52. The van der Waals surface area contributed by atoms with Gasteiger partial charge >= 0.3 is 0 Å². The molecule has 0 N–H and O–H groups in total. The van der Waals surface area contributed by atoms with E-state index in [0.717, 1.165) is 12.4 Å². The molecule has 0 bridgehead atoms. The van der Waals surface area contributed by atoms with Gasteiger partial charge in [-0.3, -0.25) is 4.79 Å². The zero-order chi connectivity index (χ0) is 12.1. The summed E-state index contributed by atoms with van der Waals surface area (Å²) in [5.74, 6) is 1.48. The minimum Gasteiger partial charge on any atom is -0.493 e. The van der Waals surface area contributed by atoms with E-state index in [1.54, 1.807) is 6.92 Å². The molecular weight excluding hydrogens is 212 g/mol. The normalized spacial score (nSPS) is 16.8. The van der Waals surface area contributed by atoms with Crippen LogP contribution in [0.4, 0.5) is 0 Å². The third-order valence-corrected chi connectivity index (χ3v) is 3.47. The van der Waals surface area contributed by atoms with Gasteiger partial charge in [0.15, 0.2) is 5.78 Å². The Morgan fingerprint density at radius 2 is 1.94 bits per heavy atom. The lowest BCUT2D eigenvalue weighted by Crippen LogP contribution is -2.16. The Kier molecular flexibility index (Phi) is 4.18. The quantitative estimate of drug-likeness (QED) is 0.737. The molecule has 1 aromatic carbocycles. The van der Waals surface area contributed by atoms with Crippen molar-refractivity contribution in [3.63, 3.8) is 0 Å². The van der Waals surface area contributed by atoms with Gasteiger partial charge in [0.2, 0.25) is 0 Å². The number of hydrogen-bond donors (Lipinski definition) is 0. The van der Waals surface area contributed by atoms with Gasteiger partial charge in [-0.05, 0) is 37.8 Å². The van der Waals surface area contributed by atoms with Crippen LogP contribution in [0.15, 0.2) is 24.3 Å². The van der Waals surface area contributed by atoms with Gasteiger partial charge in [-0.25, -0.2) is 0 Å². The molecule has 0 heterocycles. The molecular formula is C15H20O2. The van der Waals surface area contributed by atoms with E-state index in [0.29, 0.717) is 11.5 Å². The highest BCUT2D eigenvalue weighted by molar-refractivity contribution is 5.96. The highest BCUT2D eigenvalue weighted by Gasteiger charge is 2.15. The number of ketones is 1. The fraction of sp³-hybridized carbons (Fsp3) is 0.533. The summed E-state index contributed by atoms with van der Waals surface area (Å²) in [4.78, 5) is 11.4. The number of ether oxygens (including phenoxy) is 1. The summed E-state index contributed by atoms with van der Waals surface area (Å²) >= 11 is 0. The molecule has 0 radical (unpaired) electrons. The Bertz CT molecular complexity index is 378. The van der Waals surface area contributed by atoms with Crippen molar-refractivity contribution in [2.24, 2.45) is 5.92 Å². The average molecular weight is 232 g/mol. The predicted molar refractivity (Wildman–Crippen MR) is 68.5 cm³/mol. The van der Waals surface area contributed by atoms with E-state index in [4.69, 9.17) is 4.74 Å². The lowest BCUT2D eigenvalue weighted by atomic mass is 9.90. The number of rotatable bonds is 4. The fourth-order valence-corrected chi connectivity index (χ4v) is 2.44. The molecule has 17 heavy (non-hydrogen) atoms. The van der Waals surface area contributed by atoms with Crippen molar-refractivity contribution < 1.29 is 9.53 Å². The van der Waals surface area contributed by atoms with E-state index in [9.17, 15) is 4.79 Å². The maximum absolute atomic E-state index is 11.4. The van der Waals surface area contributed by atoms with Crippen molar-refractivity contribution in [3.8, 4) is 5.75 Å². The van der Waals surface area contributed by atoms with Crippen LogP contribution < -0.4 is 4.74 Å². The van der Waals surface area contributed by atoms with Gasteiger partial charge in [0, 0.05) is 0 Å². The van der Waals surface area contributed by atoms with E-state index >= 15 is 0 Å². The Morgan fingerprint density at radius 3 is 2.65 bits per heavy atom. The Balaban J connectivity index is 1.96. The molecule has 2 rings (SSSR count). The molecule has 0 spiro atoms. The second-order valence-corrected chi connectivity index (χ2v) is 4.87. The van der Waals surface area contributed by atoms with Crippen molar-refractivity contribution >= 4 is 5.78 Å². The molecule has 2 nitrogen and oxygen atoms in total. The van der Waals surface area contributed by atoms with Crippen LogP contribution in [0.2, 0.25) is 0 Å². The summed E-state index contributed by atoms with van der Waals surface area (Å²) in [5, 5.41) is 0. The number of benzene rings is 1. The van der Waals surface area contributed by atoms with E-state index < -0.39 is 0 Å². The molecule has 92 valence electrons. The summed E-state index contributed by atoms with van der Waals surface area (Å²) in [5.41, 5.74) is 0.698. The van der Waals surface area contributed by atoms with Gasteiger partial charge < -0.3 is 4.74 Å². The molecule has 1 aliphatic carbocycles. The van der Waals surface area contributed by atoms with Crippen molar-refractivity contribution in [2.45, 2.75) is 39.0 Å². The maximum Gasteiger partial charge on any atom is 0.163 e. The van der Waals surface area contributed by atoms with Gasteiger partial charge in [0.05, 0.1) is 12.2 Å². The van der Waals surface area contributed by atoms with Crippen molar-refractivity contribution in [3.05, 3.63) is 29.8 Å². The topological polar surface area (TPSA) is 26.3 Å². The van der Waals surface area contributed by atoms with E-state index in [-0.39, 0.29) is 5.78 Å². The largest absolute Gasteiger partial charge is 0.493 e. The first-order chi connectivity index (χ1) is 8.27. The monoisotopic (exact) mass is 232 g/mol. The second kappa shape index (κ2) is 5.85. The molecule has 2 heteroatoms. The van der Waals surface area contributed by atoms with Crippen molar-refractivity contribution in [1.29, 1.82) is 0 Å². The highest BCUT2D eigenvalue weighted by Crippen LogP contribution is 2.25. The first kappa shape index (κ1) is 12.2. The first-order valence-electron chi connectivity index (χ1n) is 6.50. The molecule has 0 amide bonds. The lowest BCUT2D eigenvalue weighted by molar-refractivity contribution is 0.101. The lowest BCUT2D eigenvalue weighted by Gasteiger charge is -2.22. The van der Waals surface area contributed by atoms with Crippen LogP contribution >= 0.6 is 0 Å². The Hall–Kier alpha value is -1.31. The predicted octanol–water partition coefficient (Wildman–Crippen LogP) is 3.85. The van der Waals surface area contributed by atoms with Crippen LogP contribution in [0, 0.1) is 5.92 Å². The van der Waals surface area contributed by atoms with Gasteiger partial charge in [-0.2, -0.15) is 0 Å². The molecule has 0 aliphatic heterocycles. The second-order valence-electron chi connectivity index (χ2n) is 4.87. The molecule has 0 saturated heterocycles. The number of Topliss-reactive ketones (excluding diaryl/α,β-unsaturated/α-hetero) is 1. The SMILES string of the molecule is CC(=O)c1ccccc1OCC1CCCCC1. The summed E-state index contributed by atoms with van der Waals surface area (Å²) in [6.07, 6.45) is 6.54. The van der Waals surface area contributed by atoms with E-state index in [1.807, 2.05) is 24.3 Å². The van der Waals surface area contributed by atoms with Gasteiger partial charge in [-0.1, -0.05) is 31.4 Å². The van der Waals surface area contributed by atoms with Crippen LogP contribution in [-0.2, 0) is 0 Å². The van der Waals surface area contributed by atoms with Crippen LogP contribution in [0.5, 0.6) is 5.75 Å². The molecule has 1 fully saturated rings. The molecule has 0 aromatic heterocycles. The minimum absolute atomic E-state index is 0.0734. The standard InChI is InChI=1S/C15H20O2/c1-12(16)14-9-5-6-10-15(14)17-11-13-7-3-2-4-8-13/h5-6,9-10,13H,2-4,7-8,11H2,1H3. The van der Waals surface area contributed by atoms with Crippen molar-refractivity contribution in [2.75, 3.05) is 6.61 Å². The summed E-state index contributed by atoms with van der Waals surface area (Å²) < 4.78 is 5.82. The Labute approximate surface area is 103 Å². The summed E-state index contributed by atoms with van der Waals surface area (Å²) in [7, 11) is 0. The minimum atomic E-state index is 0.0734. The highest BCUT2D eigenvalue weighted by atomic mass is 16.5. The smallest absolute Gasteiger partial charge is 0.163 e. The van der Waals surface area contributed by atoms with Crippen LogP contribution in [-0.4, -0.2) is 12.4 Å². The van der Waals surface area contributed by atoms with E-state index in [1.165, 1.54) is 32.1 Å². The van der Waals surface area contributed by atoms with Gasteiger partial charge in [0.25, 0.3) is 0 Å². The average Bonchev–Trinajstić information content (AvgIpc) is 2.38. The molecule has 1 saturated carbocycles. The van der Waals surface area contributed by atoms with Crippen LogP contribution in [0.25, 0.3) is 0 Å². The van der Waals surface area contributed by atoms with Crippen molar-refractivity contribution in [1.82, 2.24) is 0 Å². The fourth-order valence-electron chi connectivity index (χ4n) is 2.44. The van der Waals surface area contributed by atoms with E-state index in [2.05, 4.69) is 0 Å².